The van der Waals surface area contributed by atoms with E-state index in [1.54, 1.807) is 31.2 Å². The van der Waals surface area contributed by atoms with Crippen molar-refractivity contribution in [1.29, 1.82) is 5.26 Å². The van der Waals surface area contributed by atoms with Crippen molar-refractivity contribution in [3.05, 3.63) is 62.2 Å². The van der Waals surface area contributed by atoms with Gasteiger partial charge >= 0.3 is 5.97 Å². The Balaban J connectivity index is 2.06. The number of thiophene rings is 1. The van der Waals surface area contributed by atoms with Gasteiger partial charge in [-0.15, -0.1) is 17.9 Å². The zero-order chi connectivity index (χ0) is 21.8. The van der Waals surface area contributed by atoms with Crippen molar-refractivity contribution >= 4 is 56.6 Å². The predicted octanol–water partition coefficient (Wildman–Crippen LogP) is 4.22. The molecule has 2 N–H and O–H groups in total. The van der Waals surface area contributed by atoms with Crippen LogP contribution in [0.3, 0.4) is 0 Å². The molecule has 0 atom stereocenters. The van der Waals surface area contributed by atoms with Crippen LogP contribution in [0.15, 0.2) is 40.8 Å². The van der Waals surface area contributed by atoms with Crippen molar-refractivity contribution < 1.29 is 9.53 Å². The van der Waals surface area contributed by atoms with Gasteiger partial charge < -0.3 is 10.5 Å². The van der Waals surface area contributed by atoms with Crippen LogP contribution < -0.4 is 11.3 Å². The maximum absolute atomic E-state index is 12.9. The Morgan fingerprint density at radius 2 is 2.30 bits per heavy atom. The summed E-state index contributed by atoms with van der Waals surface area (Å²) >= 11 is 8.29. The number of nitriles is 1. The normalized spacial score (nSPS) is 10.7. The molecule has 2 heterocycles. The summed E-state index contributed by atoms with van der Waals surface area (Å²) in [5.41, 5.74) is 6.87. The number of carbonyl (C=O) groups excluding carboxylic acids is 1. The van der Waals surface area contributed by atoms with E-state index in [1.165, 1.54) is 16.3 Å². The fourth-order valence-electron chi connectivity index (χ4n) is 2.82. The molecule has 0 radical (unpaired) electrons. The van der Waals surface area contributed by atoms with E-state index in [0.29, 0.717) is 26.6 Å². The number of nitrogens with zero attached hydrogens (tertiary/aromatic N) is 3. The van der Waals surface area contributed by atoms with Crippen molar-refractivity contribution in [2.24, 2.45) is 0 Å². The third-order valence-electron chi connectivity index (χ3n) is 4.15. The number of anilines is 1. The average molecular weight is 461 g/mol. The molecule has 0 fully saturated rings. The number of nitrogen functional groups attached to an aromatic ring is 1. The highest BCUT2D eigenvalue weighted by Gasteiger charge is 2.23. The van der Waals surface area contributed by atoms with E-state index < -0.39 is 5.97 Å². The molecule has 0 aliphatic rings. The monoisotopic (exact) mass is 460 g/mol. The van der Waals surface area contributed by atoms with Crippen molar-refractivity contribution in [2.75, 3.05) is 12.3 Å². The van der Waals surface area contributed by atoms with Gasteiger partial charge in [0.15, 0.2) is 5.16 Å². The zero-order valence-corrected chi connectivity index (χ0v) is 18.4. The number of hydrogen-bond donors (Lipinski definition) is 1. The SMILES string of the molecule is C=CCn1c(SCc2c(C(=O)OCC)sc(N)c2C#N)nc2cc(Cl)ccc2c1=O. The minimum absolute atomic E-state index is 0.205. The molecule has 0 aliphatic heterocycles. The minimum atomic E-state index is -0.534. The highest BCUT2D eigenvalue weighted by atomic mass is 35.5. The molecule has 3 aromatic rings. The number of halogens is 1. The van der Waals surface area contributed by atoms with Gasteiger partial charge in [-0.2, -0.15) is 5.26 Å². The Kier molecular flexibility index (Phi) is 6.82. The molecule has 10 heteroatoms. The first-order chi connectivity index (χ1) is 14.4. The average Bonchev–Trinajstić information content (AvgIpc) is 3.04. The van der Waals surface area contributed by atoms with Gasteiger partial charge in [0.05, 0.1) is 23.1 Å². The number of rotatable bonds is 7. The summed E-state index contributed by atoms with van der Waals surface area (Å²) in [6.45, 7) is 5.87. The van der Waals surface area contributed by atoms with Crippen LogP contribution in [0.1, 0.15) is 27.7 Å². The smallest absolute Gasteiger partial charge is 0.348 e. The molecule has 0 saturated heterocycles. The van der Waals surface area contributed by atoms with Crippen LogP contribution in [-0.4, -0.2) is 22.1 Å². The summed E-state index contributed by atoms with van der Waals surface area (Å²) in [6, 6.07) is 6.93. The maximum atomic E-state index is 12.9. The molecule has 0 spiro atoms. The molecule has 0 saturated carbocycles. The number of nitrogens with two attached hydrogens (primary N) is 1. The van der Waals surface area contributed by atoms with Gasteiger partial charge in [-0.25, -0.2) is 9.78 Å². The van der Waals surface area contributed by atoms with Gasteiger partial charge in [0.2, 0.25) is 0 Å². The molecule has 2 aromatic heterocycles. The maximum Gasteiger partial charge on any atom is 0.348 e. The summed E-state index contributed by atoms with van der Waals surface area (Å²) in [6.07, 6.45) is 1.60. The number of benzene rings is 1. The minimum Gasteiger partial charge on any atom is -0.462 e. The second kappa shape index (κ2) is 9.34. The highest BCUT2D eigenvalue weighted by molar-refractivity contribution is 7.98. The molecule has 0 bridgehead atoms. The predicted molar refractivity (Wildman–Crippen MR) is 120 cm³/mol. The van der Waals surface area contributed by atoms with E-state index in [0.717, 1.165) is 11.3 Å². The fourth-order valence-corrected chi connectivity index (χ4v) is 5.04. The molecule has 30 heavy (non-hydrogen) atoms. The van der Waals surface area contributed by atoms with E-state index in [9.17, 15) is 14.9 Å². The molecule has 0 unspecified atom stereocenters. The fraction of sp³-hybridized carbons (Fsp3) is 0.200. The Bertz CT molecular complexity index is 1240. The van der Waals surface area contributed by atoms with E-state index in [1.807, 2.05) is 6.07 Å². The van der Waals surface area contributed by atoms with Crippen LogP contribution in [0.4, 0.5) is 5.00 Å². The van der Waals surface area contributed by atoms with Crippen molar-refractivity contribution in [3.63, 3.8) is 0 Å². The standard InChI is InChI=1S/C20H17ClN4O3S2/c1-3-7-25-18(26)12-6-5-11(21)8-15(12)24-20(25)29-10-14-13(9-22)17(23)30-16(14)19(27)28-4-2/h3,5-6,8H,1,4,7,10,23H2,2H3. The van der Waals surface area contributed by atoms with Crippen LogP contribution >= 0.6 is 34.7 Å². The molecule has 0 amide bonds. The Morgan fingerprint density at radius 1 is 1.53 bits per heavy atom. The third kappa shape index (κ3) is 4.21. The van der Waals surface area contributed by atoms with Crippen molar-refractivity contribution in [2.45, 2.75) is 24.4 Å². The van der Waals surface area contributed by atoms with Crippen molar-refractivity contribution in [3.8, 4) is 6.07 Å². The first kappa shape index (κ1) is 21.9. The lowest BCUT2D eigenvalue weighted by Gasteiger charge is -2.12. The largest absolute Gasteiger partial charge is 0.462 e. The number of esters is 1. The lowest BCUT2D eigenvalue weighted by atomic mass is 10.2. The van der Waals surface area contributed by atoms with E-state index >= 15 is 0 Å². The number of aromatic nitrogens is 2. The van der Waals surface area contributed by atoms with E-state index in [2.05, 4.69) is 11.6 Å². The van der Waals surface area contributed by atoms with Gasteiger partial charge in [0.25, 0.3) is 5.56 Å². The molecular formula is C20H17ClN4O3S2. The van der Waals surface area contributed by atoms with Crippen LogP contribution in [0, 0.1) is 11.3 Å². The lowest BCUT2D eigenvalue weighted by Crippen LogP contribution is -2.22. The van der Waals surface area contributed by atoms with E-state index in [-0.39, 0.29) is 39.9 Å². The molecule has 1 aromatic carbocycles. The molecule has 3 rings (SSSR count). The molecular weight excluding hydrogens is 444 g/mol. The van der Waals surface area contributed by atoms with Gasteiger partial charge in [-0.05, 0) is 25.1 Å². The van der Waals surface area contributed by atoms with Crippen LogP contribution in [0.25, 0.3) is 10.9 Å². The number of hydrogen-bond acceptors (Lipinski definition) is 8. The third-order valence-corrected chi connectivity index (χ3v) is 6.43. The van der Waals surface area contributed by atoms with Gasteiger partial charge in [-0.3, -0.25) is 9.36 Å². The van der Waals surface area contributed by atoms with Gasteiger partial charge in [0.1, 0.15) is 15.9 Å². The summed E-state index contributed by atoms with van der Waals surface area (Å²) in [7, 11) is 0. The Labute approximate surface area is 185 Å². The Morgan fingerprint density at radius 3 is 2.97 bits per heavy atom. The second-order valence-corrected chi connectivity index (χ2v) is 8.46. The lowest BCUT2D eigenvalue weighted by molar-refractivity contribution is 0.0531. The van der Waals surface area contributed by atoms with Gasteiger partial charge in [-0.1, -0.05) is 29.4 Å². The van der Waals surface area contributed by atoms with Gasteiger partial charge in [0, 0.05) is 22.9 Å². The number of thioether (sulfide) groups is 1. The number of ether oxygens (including phenoxy) is 1. The van der Waals surface area contributed by atoms with E-state index in [4.69, 9.17) is 22.1 Å². The number of allylic oxidation sites excluding steroid dienone is 1. The van der Waals surface area contributed by atoms with Crippen LogP contribution in [-0.2, 0) is 17.0 Å². The summed E-state index contributed by atoms with van der Waals surface area (Å²) in [4.78, 5) is 30.1. The number of carbonyl (C=O) groups is 1. The first-order valence-corrected chi connectivity index (χ1v) is 11.0. The Hall–Kier alpha value is -2.80. The first-order valence-electron chi connectivity index (χ1n) is 8.83. The highest BCUT2D eigenvalue weighted by Crippen LogP contribution is 2.35. The van der Waals surface area contributed by atoms with Crippen LogP contribution in [0.5, 0.6) is 0 Å². The number of fused-ring (bicyclic) bond motifs is 1. The topological polar surface area (TPSA) is 111 Å². The summed E-state index contributed by atoms with van der Waals surface area (Å²) in [5, 5.41) is 11.1. The van der Waals surface area contributed by atoms with Crippen molar-refractivity contribution in [1.82, 2.24) is 9.55 Å². The molecule has 0 aliphatic carbocycles. The summed E-state index contributed by atoms with van der Waals surface area (Å²) < 4.78 is 6.57. The molecule has 7 nitrogen and oxygen atoms in total. The molecule has 154 valence electrons. The summed E-state index contributed by atoms with van der Waals surface area (Å²) in [5.74, 6) is -0.326. The second-order valence-electron chi connectivity index (χ2n) is 6.03. The van der Waals surface area contributed by atoms with Crippen LogP contribution in [0.2, 0.25) is 5.02 Å². The quantitative estimate of drug-likeness (QED) is 0.243. The zero-order valence-electron chi connectivity index (χ0n) is 16.0.